The molecule has 1 aromatic carbocycles. The lowest BCUT2D eigenvalue weighted by molar-refractivity contribution is -0.135. The third kappa shape index (κ3) is 3.75. The average Bonchev–Trinajstić information content (AvgIpc) is 2.96. The van der Waals surface area contributed by atoms with Crippen LogP contribution >= 0.6 is 11.3 Å². The number of likely N-dealkylation sites (tertiary alicyclic amines) is 1. The Bertz CT molecular complexity index is 730. The molecule has 24 heavy (non-hydrogen) atoms. The van der Waals surface area contributed by atoms with Crippen molar-refractivity contribution in [3.05, 3.63) is 23.3 Å². The number of hydrogen-bond donors (Lipinski definition) is 1. The van der Waals surface area contributed by atoms with Crippen molar-refractivity contribution in [1.29, 1.82) is 0 Å². The molecule has 2 heterocycles. The van der Waals surface area contributed by atoms with E-state index in [2.05, 4.69) is 16.4 Å². The molecular weight excluding hydrogens is 322 g/mol. The molecule has 0 saturated carbocycles. The van der Waals surface area contributed by atoms with E-state index in [1.54, 1.807) is 4.90 Å². The van der Waals surface area contributed by atoms with Gasteiger partial charge < -0.3 is 10.2 Å². The van der Waals surface area contributed by atoms with Gasteiger partial charge in [-0.3, -0.25) is 9.59 Å². The summed E-state index contributed by atoms with van der Waals surface area (Å²) in [5.41, 5.74) is 3.21. The first-order valence-corrected chi connectivity index (χ1v) is 9.30. The third-order valence-electron chi connectivity index (χ3n) is 4.44. The van der Waals surface area contributed by atoms with Gasteiger partial charge in [-0.15, -0.1) is 0 Å². The summed E-state index contributed by atoms with van der Waals surface area (Å²) in [6.45, 7) is 4.85. The Labute approximate surface area is 146 Å². The molecule has 6 heteroatoms. The standard InChI is InChI=1S/C18H23N3O2S/c1-12-8-9-13(2)17-16(12)20-18(24-17)19-14(22)11-21-10-6-4-3-5-7-15(21)23/h8-9H,3-7,10-11H2,1-2H3,(H,19,20,22). The quantitative estimate of drug-likeness (QED) is 0.924. The molecule has 3 rings (SSSR count). The van der Waals surface area contributed by atoms with Gasteiger partial charge in [0.25, 0.3) is 0 Å². The summed E-state index contributed by atoms with van der Waals surface area (Å²) in [4.78, 5) is 30.7. The number of aryl methyl sites for hydroxylation is 2. The van der Waals surface area contributed by atoms with Crippen molar-refractivity contribution in [2.24, 2.45) is 0 Å². The molecule has 1 aliphatic rings. The molecule has 0 atom stereocenters. The number of nitrogens with one attached hydrogen (secondary N) is 1. The number of carbonyl (C=O) groups excluding carboxylic acids is 2. The highest BCUT2D eigenvalue weighted by molar-refractivity contribution is 7.22. The van der Waals surface area contributed by atoms with E-state index in [0.717, 1.165) is 47.0 Å². The number of hydrogen-bond acceptors (Lipinski definition) is 4. The first-order chi connectivity index (χ1) is 11.5. The molecule has 5 nitrogen and oxygen atoms in total. The third-order valence-corrected chi connectivity index (χ3v) is 5.55. The predicted octanol–water partition coefficient (Wildman–Crippen LogP) is 3.64. The van der Waals surface area contributed by atoms with Gasteiger partial charge in [0.05, 0.1) is 16.8 Å². The van der Waals surface area contributed by atoms with Gasteiger partial charge in [-0.05, 0) is 37.8 Å². The zero-order valence-corrected chi connectivity index (χ0v) is 15.0. The first-order valence-electron chi connectivity index (χ1n) is 8.49. The molecule has 128 valence electrons. The molecule has 1 N–H and O–H groups in total. The van der Waals surface area contributed by atoms with Crippen molar-refractivity contribution in [2.45, 2.75) is 46.0 Å². The summed E-state index contributed by atoms with van der Waals surface area (Å²) in [6.07, 6.45) is 4.68. The minimum absolute atomic E-state index is 0.0841. The van der Waals surface area contributed by atoms with Gasteiger partial charge in [0.2, 0.25) is 11.8 Å². The number of benzene rings is 1. The molecule has 0 aliphatic carbocycles. The Hall–Kier alpha value is -1.95. The fourth-order valence-electron chi connectivity index (χ4n) is 3.03. The lowest BCUT2D eigenvalue weighted by Gasteiger charge is -2.23. The SMILES string of the molecule is Cc1ccc(C)c2sc(NC(=O)CN3CCCCCCC3=O)nc12. The maximum absolute atomic E-state index is 12.3. The van der Waals surface area contributed by atoms with Gasteiger partial charge in [0.1, 0.15) is 0 Å². The van der Waals surface area contributed by atoms with E-state index in [0.29, 0.717) is 18.1 Å². The van der Waals surface area contributed by atoms with Gasteiger partial charge >= 0.3 is 0 Å². The van der Waals surface area contributed by atoms with Gasteiger partial charge in [-0.1, -0.05) is 36.3 Å². The monoisotopic (exact) mass is 345 g/mol. The number of carbonyl (C=O) groups is 2. The highest BCUT2D eigenvalue weighted by Crippen LogP contribution is 2.30. The number of thiazole rings is 1. The van der Waals surface area contributed by atoms with Crippen LogP contribution in [0.5, 0.6) is 0 Å². The molecule has 0 spiro atoms. The topological polar surface area (TPSA) is 62.3 Å². The van der Waals surface area contributed by atoms with Crippen LogP contribution in [-0.2, 0) is 9.59 Å². The minimum Gasteiger partial charge on any atom is -0.333 e. The van der Waals surface area contributed by atoms with E-state index in [1.165, 1.54) is 11.3 Å². The molecule has 2 aromatic rings. The Morgan fingerprint density at radius 1 is 1.21 bits per heavy atom. The number of rotatable bonds is 3. The summed E-state index contributed by atoms with van der Waals surface area (Å²) in [7, 11) is 0. The molecular formula is C18H23N3O2S. The Morgan fingerprint density at radius 3 is 2.75 bits per heavy atom. The lowest BCUT2D eigenvalue weighted by atomic mass is 10.1. The van der Waals surface area contributed by atoms with E-state index in [1.807, 2.05) is 19.9 Å². The number of fused-ring (bicyclic) bond motifs is 1. The van der Waals surface area contributed by atoms with Crippen LogP contribution in [0.1, 0.15) is 43.2 Å². The van der Waals surface area contributed by atoms with Crippen molar-refractivity contribution < 1.29 is 9.59 Å². The molecule has 0 bridgehead atoms. The van der Waals surface area contributed by atoms with Gasteiger partial charge in [-0.25, -0.2) is 4.98 Å². The first kappa shape index (κ1) is 16.9. The summed E-state index contributed by atoms with van der Waals surface area (Å²) in [5.74, 6) is -0.0841. The predicted molar refractivity (Wildman–Crippen MR) is 97.4 cm³/mol. The van der Waals surface area contributed by atoms with E-state index in [9.17, 15) is 9.59 Å². The average molecular weight is 345 g/mol. The second-order valence-corrected chi connectivity index (χ2v) is 7.42. The van der Waals surface area contributed by atoms with Gasteiger partial charge in [-0.2, -0.15) is 0 Å². The molecule has 1 fully saturated rings. The number of aromatic nitrogens is 1. The second kappa shape index (κ2) is 7.30. The fourth-order valence-corrected chi connectivity index (χ4v) is 4.05. The number of nitrogens with zero attached hydrogens (tertiary/aromatic N) is 2. The second-order valence-electron chi connectivity index (χ2n) is 6.42. The number of anilines is 1. The van der Waals surface area contributed by atoms with Crippen LogP contribution in [0.3, 0.4) is 0 Å². The smallest absolute Gasteiger partial charge is 0.245 e. The van der Waals surface area contributed by atoms with Crippen molar-refractivity contribution in [2.75, 3.05) is 18.4 Å². The van der Waals surface area contributed by atoms with Crippen molar-refractivity contribution in [3.63, 3.8) is 0 Å². The van der Waals surface area contributed by atoms with Crippen LogP contribution in [0.4, 0.5) is 5.13 Å². The largest absolute Gasteiger partial charge is 0.333 e. The van der Waals surface area contributed by atoms with Crippen LogP contribution in [0.25, 0.3) is 10.2 Å². The lowest BCUT2D eigenvalue weighted by Crippen LogP contribution is -2.39. The normalized spacial score (nSPS) is 16.1. The highest BCUT2D eigenvalue weighted by Gasteiger charge is 2.19. The van der Waals surface area contributed by atoms with Crippen LogP contribution in [-0.4, -0.2) is 34.8 Å². The van der Waals surface area contributed by atoms with E-state index < -0.39 is 0 Å². The van der Waals surface area contributed by atoms with E-state index in [4.69, 9.17) is 0 Å². The van der Waals surface area contributed by atoms with E-state index in [-0.39, 0.29) is 18.4 Å². The Balaban J connectivity index is 1.69. The Morgan fingerprint density at radius 2 is 1.96 bits per heavy atom. The van der Waals surface area contributed by atoms with Crippen LogP contribution in [0, 0.1) is 13.8 Å². The summed E-state index contributed by atoms with van der Waals surface area (Å²) >= 11 is 1.49. The molecule has 0 unspecified atom stereocenters. The molecule has 1 aliphatic heterocycles. The van der Waals surface area contributed by atoms with E-state index >= 15 is 0 Å². The van der Waals surface area contributed by atoms with Crippen LogP contribution in [0.15, 0.2) is 12.1 Å². The van der Waals surface area contributed by atoms with Crippen LogP contribution < -0.4 is 5.32 Å². The van der Waals surface area contributed by atoms with Crippen LogP contribution in [0.2, 0.25) is 0 Å². The maximum Gasteiger partial charge on any atom is 0.245 e. The number of amides is 2. The van der Waals surface area contributed by atoms with Gasteiger partial charge in [0.15, 0.2) is 5.13 Å². The molecule has 0 radical (unpaired) electrons. The highest BCUT2D eigenvalue weighted by atomic mass is 32.1. The Kier molecular flexibility index (Phi) is 5.14. The van der Waals surface area contributed by atoms with Crippen molar-refractivity contribution >= 4 is 38.5 Å². The zero-order chi connectivity index (χ0) is 17.1. The summed E-state index contributed by atoms with van der Waals surface area (Å²) in [6, 6.07) is 4.11. The van der Waals surface area contributed by atoms with Gasteiger partial charge in [0, 0.05) is 13.0 Å². The molecule has 1 aromatic heterocycles. The maximum atomic E-state index is 12.3. The fraction of sp³-hybridized carbons (Fsp3) is 0.500. The summed E-state index contributed by atoms with van der Waals surface area (Å²) < 4.78 is 1.10. The molecule has 2 amide bonds. The summed E-state index contributed by atoms with van der Waals surface area (Å²) in [5, 5.41) is 3.47. The minimum atomic E-state index is -0.168. The zero-order valence-electron chi connectivity index (χ0n) is 14.2. The molecule has 1 saturated heterocycles. The van der Waals surface area contributed by atoms with Crippen molar-refractivity contribution in [1.82, 2.24) is 9.88 Å². The van der Waals surface area contributed by atoms with Crippen molar-refractivity contribution in [3.8, 4) is 0 Å².